The van der Waals surface area contributed by atoms with Crippen LogP contribution in [0.5, 0.6) is 5.75 Å². The van der Waals surface area contributed by atoms with Gasteiger partial charge < -0.3 is 15.2 Å². The van der Waals surface area contributed by atoms with Crippen molar-refractivity contribution in [3.8, 4) is 5.75 Å². The zero-order valence-corrected chi connectivity index (χ0v) is 10.9. The maximum Gasteiger partial charge on any atom is 0.335 e. The lowest BCUT2D eigenvalue weighted by Gasteiger charge is -2.09. The number of hydrogen-bond acceptors (Lipinski definition) is 3. The molecule has 0 amide bonds. The molecule has 0 saturated heterocycles. The first kappa shape index (κ1) is 13.9. The second-order valence-corrected chi connectivity index (χ2v) is 4.21. The Kier molecular flexibility index (Phi) is 4.20. The quantitative estimate of drug-likeness (QED) is 0.880. The van der Waals surface area contributed by atoms with E-state index in [4.69, 9.17) is 9.84 Å². The number of carboxylic acid groups (broad SMARTS) is 1. The lowest BCUT2D eigenvalue weighted by Crippen LogP contribution is -2.02. The minimum Gasteiger partial charge on any atom is -0.494 e. The van der Waals surface area contributed by atoms with Gasteiger partial charge in [0.1, 0.15) is 0 Å². The van der Waals surface area contributed by atoms with Crippen LogP contribution in [0.3, 0.4) is 0 Å². The van der Waals surface area contributed by atoms with Gasteiger partial charge in [-0.3, -0.25) is 0 Å². The van der Waals surface area contributed by atoms with Crippen molar-refractivity contribution in [2.45, 2.75) is 6.54 Å². The first-order chi connectivity index (χ1) is 9.60. The van der Waals surface area contributed by atoms with Gasteiger partial charge in [-0.1, -0.05) is 12.1 Å². The molecule has 0 atom stereocenters. The average Bonchev–Trinajstić information content (AvgIpc) is 2.45. The molecule has 0 bridgehead atoms. The largest absolute Gasteiger partial charge is 0.494 e. The van der Waals surface area contributed by atoms with Crippen LogP contribution in [-0.2, 0) is 6.54 Å². The van der Waals surface area contributed by atoms with E-state index in [0.29, 0.717) is 12.2 Å². The third kappa shape index (κ3) is 3.26. The zero-order valence-electron chi connectivity index (χ0n) is 10.9. The fraction of sp³-hybridized carbons (Fsp3) is 0.133. The molecule has 0 aliphatic heterocycles. The Labute approximate surface area is 115 Å². The SMILES string of the molecule is COc1ccc(NCc2cccc(C(=O)O)c2)cc1F. The van der Waals surface area contributed by atoms with Crippen molar-refractivity contribution in [2.24, 2.45) is 0 Å². The molecule has 2 aromatic carbocycles. The molecular formula is C15H14FNO3. The molecule has 0 heterocycles. The molecule has 0 unspecified atom stereocenters. The second-order valence-electron chi connectivity index (χ2n) is 4.21. The molecule has 0 fully saturated rings. The average molecular weight is 275 g/mol. The summed E-state index contributed by atoms with van der Waals surface area (Å²) >= 11 is 0. The number of methoxy groups -OCH3 is 1. The van der Waals surface area contributed by atoms with Crippen LogP contribution >= 0.6 is 0 Å². The predicted octanol–water partition coefficient (Wildman–Crippen LogP) is 3.14. The molecule has 0 aliphatic carbocycles. The molecule has 0 saturated carbocycles. The number of aromatic carboxylic acids is 1. The Morgan fingerprint density at radius 3 is 2.75 bits per heavy atom. The van der Waals surface area contributed by atoms with Crippen LogP contribution in [0.1, 0.15) is 15.9 Å². The normalized spacial score (nSPS) is 10.1. The Morgan fingerprint density at radius 2 is 2.10 bits per heavy atom. The van der Waals surface area contributed by atoms with Crippen LogP contribution in [-0.4, -0.2) is 18.2 Å². The lowest BCUT2D eigenvalue weighted by molar-refractivity contribution is 0.0697. The topological polar surface area (TPSA) is 58.6 Å². The number of halogens is 1. The van der Waals surface area contributed by atoms with Gasteiger partial charge in [-0.05, 0) is 29.8 Å². The van der Waals surface area contributed by atoms with Crippen molar-refractivity contribution >= 4 is 11.7 Å². The summed E-state index contributed by atoms with van der Waals surface area (Å²) in [6.45, 7) is 0.410. The Morgan fingerprint density at radius 1 is 1.30 bits per heavy atom. The number of carboxylic acids is 1. The molecule has 4 nitrogen and oxygen atoms in total. The Hall–Kier alpha value is -2.56. The van der Waals surface area contributed by atoms with Gasteiger partial charge in [0.2, 0.25) is 0 Å². The van der Waals surface area contributed by atoms with E-state index in [1.807, 2.05) is 0 Å². The fourth-order valence-electron chi connectivity index (χ4n) is 1.79. The van der Waals surface area contributed by atoms with E-state index in [0.717, 1.165) is 5.56 Å². The highest BCUT2D eigenvalue weighted by atomic mass is 19.1. The van der Waals surface area contributed by atoms with Crippen LogP contribution in [0.2, 0.25) is 0 Å². The van der Waals surface area contributed by atoms with E-state index in [9.17, 15) is 9.18 Å². The molecule has 104 valence electrons. The van der Waals surface area contributed by atoms with Crippen molar-refractivity contribution in [1.82, 2.24) is 0 Å². The molecule has 20 heavy (non-hydrogen) atoms. The summed E-state index contributed by atoms with van der Waals surface area (Å²) in [6, 6.07) is 11.1. The Bertz CT molecular complexity index is 628. The first-order valence-electron chi connectivity index (χ1n) is 6.00. The van der Waals surface area contributed by atoms with Crippen molar-refractivity contribution in [1.29, 1.82) is 0 Å². The smallest absolute Gasteiger partial charge is 0.335 e. The minimum absolute atomic E-state index is 0.184. The van der Waals surface area contributed by atoms with E-state index in [1.165, 1.54) is 25.3 Å². The van der Waals surface area contributed by atoms with Gasteiger partial charge in [0.05, 0.1) is 12.7 Å². The van der Waals surface area contributed by atoms with Crippen molar-refractivity contribution in [2.75, 3.05) is 12.4 Å². The highest BCUT2D eigenvalue weighted by Crippen LogP contribution is 2.21. The van der Waals surface area contributed by atoms with Crippen LogP contribution in [0.15, 0.2) is 42.5 Å². The molecule has 2 N–H and O–H groups in total. The first-order valence-corrected chi connectivity index (χ1v) is 6.00. The van der Waals surface area contributed by atoms with Gasteiger partial charge in [0.15, 0.2) is 11.6 Å². The van der Waals surface area contributed by atoms with E-state index in [1.54, 1.807) is 24.3 Å². The monoisotopic (exact) mass is 275 g/mol. The van der Waals surface area contributed by atoms with Crippen molar-refractivity contribution < 1.29 is 19.0 Å². The standard InChI is InChI=1S/C15H14FNO3/c1-20-14-6-5-12(8-13(14)16)17-9-10-3-2-4-11(7-10)15(18)19/h2-8,17H,9H2,1H3,(H,18,19). The number of ether oxygens (including phenoxy) is 1. The molecular weight excluding hydrogens is 261 g/mol. The number of anilines is 1. The predicted molar refractivity (Wildman–Crippen MR) is 73.7 cm³/mol. The van der Waals surface area contributed by atoms with E-state index in [-0.39, 0.29) is 11.3 Å². The van der Waals surface area contributed by atoms with Gasteiger partial charge in [-0.15, -0.1) is 0 Å². The van der Waals surface area contributed by atoms with E-state index in [2.05, 4.69) is 5.32 Å². The van der Waals surface area contributed by atoms with Gasteiger partial charge in [0.25, 0.3) is 0 Å². The number of hydrogen-bond donors (Lipinski definition) is 2. The van der Waals surface area contributed by atoms with Crippen molar-refractivity contribution in [3.63, 3.8) is 0 Å². The number of benzene rings is 2. The molecule has 2 aromatic rings. The maximum absolute atomic E-state index is 13.5. The maximum atomic E-state index is 13.5. The van der Waals surface area contributed by atoms with Crippen LogP contribution < -0.4 is 10.1 Å². The molecule has 0 aromatic heterocycles. The summed E-state index contributed by atoms with van der Waals surface area (Å²) in [5, 5.41) is 11.9. The molecule has 0 aliphatic rings. The number of nitrogens with one attached hydrogen (secondary N) is 1. The molecule has 5 heteroatoms. The molecule has 0 spiro atoms. The van der Waals surface area contributed by atoms with Crippen LogP contribution in [0.4, 0.5) is 10.1 Å². The van der Waals surface area contributed by atoms with Gasteiger partial charge in [0, 0.05) is 18.3 Å². The van der Waals surface area contributed by atoms with Crippen LogP contribution in [0.25, 0.3) is 0 Å². The van der Waals surface area contributed by atoms with Gasteiger partial charge >= 0.3 is 5.97 Å². The molecule has 2 rings (SSSR count). The summed E-state index contributed by atoms with van der Waals surface area (Å²) in [5.74, 6) is -1.23. The van der Waals surface area contributed by atoms with Crippen LogP contribution in [0, 0.1) is 5.82 Å². The van der Waals surface area contributed by atoms with Gasteiger partial charge in [-0.25, -0.2) is 9.18 Å². The summed E-state index contributed by atoms with van der Waals surface area (Å²) in [5.41, 5.74) is 1.63. The molecule has 0 radical (unpaired) electrons. The summed E-state index contributed by atoms with van der Waals surface area (Å²) < 4.78 is 18.3. The van der Waals surface area contributed by atoms with Gasteiger partial charge in [-0.2, -0.15) is 0 Å². The summed E-state index contributed by atoms with van der Waals surface area (Å²) in [6.07, 6.45) is 0. The Balaban J connectivity index is 2.07. The fourth-order valence-corrected chi connectivity index (χ4v) is 1.79. The van der Waals surface area contributed by atoms with E-state index < -0.39 is 11.8 Å². The highest BCUT2D eigenvalue weighted by Gasteiger charge is 2.05. The summed E-state index contributed by atoms with van der Waals surface area (Å²) in [4.78, 5) is 10.9. The second kappa shape index (κ2) is 6.06. The number of rotatable bonds is 5. The van der Waals surface area contributed by atoms with E-state index >= 15 is 0 Å². The minimum atomic E-state index is -0.970. The zero-order chi connectivity index (χ0) is 14.5. The summed E-state index contributed by atoms with van der Waals surface area (Å²) in [7, 11) is 1.41. The highest BCUT2D eigenvalue weighted by molar-refractivity contribution is 5.87. The van der Waals surface area contributed by atoms with Crippen molar-refractivity contribution in [3.05, 3.63) is 59.4 Å². The third-order valence-corrected chi connectivity index (χ3v) is 2.82. The lowest BCUT2D eigenvalue weighted by atomic mass is 10.1. The third-order valence-electron chi connectivity index (χ3n) is 2.82. The number of carbonyl (C=O) groups is 1.